The van der Waals surface area contributed by atoms with Crippen LogP contribution in [-0.4, -0.2) is 31.6 Å². The Morgan fingerprint density at radius 3 is 2.83 bits per heavy atom. The summed E-state index contributed by atoms with van der Waals surface area (Å²) >= 11 is 0. The fraction of sp³-hybridized carbons (Fsp3) is 0.333. The Kier molecular flexibility index (Phi) is 3.29. The van der Waals surface area contributed by atoms with Crippen molar-refractivity contribution in [2.24, 2.45) is 5.73 Å². The van der Waals surface area contributed by atoms with Gasteiger partial charge in [-0.05, 0) is 12.1 Å². The molecule has 2 N–H and O–H groups in total. The van der Waals surface area contributed by atoms with E-state index in [4.69, 9.17) is 5.73 Å². The standard InChI is InChI=1S/C12H13FN2O3/c1-18-12(17)8-3-2-4-9(11(8)13)15-6-7(14)5-10(15)16/h2-4,7H,5-6,14H2,1H3. The highest BCUT2D eigenvalue weighted by atomic mass is 19.1. The third-order valence-corrected chi connectivity index (χ3v) is 2.83. The number of esters is 1. The summed E-state index contributed by atoms with van der Waals surface area (Å²) < 4.78 is 18.6. The van der Waals surface area contributed by atoms with Gasteiger partial charge >= 0.3 is 5.97 Å². The van der Waals surface area contributed by atoms with E-state index in [-0.39, 0.29) is 36.2 Å². The normalized spacial score (nSPS) is 19.2. The molecule has 1 aliphatic heterocycles. The zero-order valence-electron chi connectivity index (χ0n) is 9.85. The SMILES string of the molecule is COC(=O)c1cccc(N2CC(N)CC2=O)c1F. The van der Waals surface area contributed by atoms with Crippen molar-refractivity contribution in [3.05, 3.63) is 29.6 Å². The maximum Gasteiger partial charge on any atom is 0.340 e. The molecule has 1 aliphatic rings. The molecule has 1 atom stereocenters. The van der Waals surface area contributed by atoms with E-state index in [0.717, 1.165) is 0 Å². The number of amides is 1. The third kappa shape index (κ3) is 2.06. The van der Waals surface area contributed by atoms with Crippen molar-refractivity contribution in [1.29, 1.82) is 0 Å². The van der Waals surface area contributed by atoms with E-state index in [0.29, 0.717) is 0 Å². The summed E-state index contributed by atoms with van der Waals surface area (Å²) in [5, 5.41) is 0. The summed E-state index contributed by atoms with van der Waals surface area (Å²) in [5.41, 5.74) is 5.52. The highest BCUT2D eigenvalue weighted by Gasteiger charge is 2.31. The summed E-state index contributed by atoms with van der Waals surface area (Å²) in [4.78, 5) is 24.3. The van der Waals surface area contributed by atoms with Crippen LogP contribution in [0, 0.1) is 5.82 Å². The average Bonchev–Trinajstić information content (AvgIpc) is 2.68. The second-order valence-electron chi connectivity index (χ2n) is 4.10. The minimum Gasteiger partial charge on any atom is -0.465 e. The van der Waals surface area contributed by atoms with E-state index in [1.165, 1.54) is 30.2 Å². The molecule has 2 rings (SSSR count). The third-order valence-electron chi connectivity index (χ3n) is 2.83. The Hall–Kier alpha value is -1.95. The van der Waals surface area contributed by atoms with Crippen LogP contribution in [0.2, 0.25) is 0 Å². The van der Waals surface area contributed by atoms with Crippen molar-refractivity contribution in [1.82, 2.24) is 0 Å². The van der Waals surface area contributed by atoms with Crippen LogP contribution in [-0.2, 0) is 9.53 Å². The van der Waals surface area contributed by atoms with Gasteiger partial charge in [-0.3, -0.25) is 4.79 Å². The second-order valence-corrected chi connectivity index (χ2v) is 4.10. The highest BCUT2D eigenvalue weighted by Crippen LogP contribution is 2.26. The fourth-order valence-corrected chi connectivity index (χ4v) is 1.96. The maximum absolute atomic E-state index is 14.1. The molecule has 1 aromatic carbocycles. The molecule has 0 radical (unpaired) electrons. The number of halogens is 1. The van der Waals surface area contributed by atoms with E-state index in [1.807, 2.05) is 0 Å². The molecule has 1 saturated heterocycles. The van der Waals surface area contributed by atoms with Crippen LogP contribution in [0.25, 0.3) is 0 Å². The largest absolute Gasteiger partial charge is 0.465 e. The number of nitrogens with zero attached hydrogens (tertiary/aromatic N) is 1. The smallest absolute Gasteiger partial charge is 0.340 e. The van der Waals surface area contributed by atoms with Crippen LogP contribution in [0.5, 0.6) is 0 Å². The molecule has 0 spiro atoms. The quantitative estimate of drug-likeness (QED) is 0.785. The summed E-state index contributed by atoms with van der Waals surface area (Å²) in [6, 6.07) is 3.95. The van der Waals surface area contributed by atoms with Crippen LogP contribution in [0.3, 0.4) is 0 Å². The Balaban J connectivity index is 2.40. The van der Waals surface area contributed by atoms with Gasteiger partial charge in [0.15, 0.2) is 5.82 Å². The molecule has 0 bridgehead atoms. The highest BCUT2D eigenvalue weighted by molar-refractivity contribution is 5.98. The van der Waals surface area contributed by atoms with Crippen molar-refractivity contribution in [2.45, 2.75) is 12.5 Å². The number of carbonyl (C=O) groups excluding carboxylic acids is 2. The first kappa shape index (κ1) is 12.5. The predicted octanol–water partition coefficient (Wildman–Crippen LogP) is 0.676. The number of benzene rings is 1. The van der Waals surface area contributed by atoms with Gasteiger partial charge in [0.25, 0.3) is 0 Å². The van der Waals surface area contributed by atoms with E-state index >= 15 is 0 Å². The number of rotatable bonds is 2. The van der Waals surface area contributed by atoms with Crippen molar-refractivity contribution in [3.63, 3.8) is 0 Å². The molecule has 1 amide bonds. The van der Waals surface area contributed by atoms with Gasteiger partial charge in [0.2, 0.25) is 5.91 Å². The van der Waals surface area contributed by atoms with Crippen LogP contribution < -0.4 is 10.6 Å². The van der Waals surface area contributed by atoms with Crippen molar-refractivity contribution < 1.29 is 18.7 Å². The van der Waals surface area contributed by atoms with Gasteiger partial charge in [-0.25, -0.2) is 9.18 Å². The Labute approximate surface area is 103 Å². The molecule has 1 unspecified atom stereocenters. The summed E-state index contributed by atoms with van der Waals surface area (Å²) in [5.74, 6) is -1.78. The lowest BCUT2D eigenvalue weighted by Gasteiger charge is -2.17. The topological polar surface area (TPSA) is 72.6 Å². The van der Waals surface area contributed by atoms with Crippen LogP contribution in [0.15, 0.2) is 18.2 Å². The first-order chi connectivity index (χ1) is 8.54. The molecule has 18 heavy (non-hydrogen) atoms. The molecular weight excluding hydrogens is 239 g/mol. The van der Waals surface area contributed by atoms with Crippen LogP contribution in [0.4, 0.5) is 10.1 Å². The van der Waals surface area contributed by atoms with Gasteiger partial charge in [0, 0.05) is 19.0 Å². The molecule has 6 heteroatoms. The lowest BCUT2D eigenvalue weighted by atomic mass is 10.1. The summed E-state index contributed by atoms with van der Waals surface area (Å²) in [6.07, 6.45) is 0.182. The van der Waals surface area contributed by atoms with Gasteiger partial charge in [-0.1, -0.05) is 6.07 Å². The molecular formula is C12H13FN2O3. The average molecular weight is 252 g/mol. The number of ether oxygens (including phenoxy) is 1. The fourth-order valence-electron chi connectivity index (χ4n) is 1.96. The lowest BCUT2D eigenvalue weighted by molar-refractivity contribution is -0.117. The van der Waals surface area contributed by atoms with E-state index in [1.54, 1.807) is 0 Å². The molecule has 5 nitrogen and oxygen atoms in total. The van der Waals surface area contributed by atoms with Crippen molar-refractivity contribution >= 4 is 17.6 Å². The second kappa shape index (κ2) is 4.73. The summed E-state index contributed by atoms with van der Waals surface area (Å²) in [6.45, 7) is 0.250. The first-order valence-corrected chi connectivity index (χ1v) is 5.47. The minimum atomic E-state index is -0.773. The van der Waals surface area contributed by atoms with Gasteiger partial charge in [-0.15, -0.1) is 0 Å². The van der Waals surface area contributed by atoms with Crippen LogP contribution in [0.1, 0.15) is 16.8 Å². The van der Waals surface area contributed by atoms with Crippen molar-refractivity contribution in [2.75, 3.05) is 18.6 Å². The predicted molar refractivity (Wildman–Crippen MR) is 62.7 cm³/mol. The number of hydrogen-bond donors (Lipinski definition) is 1. The first-order valence-electron chi connectivity index (χ1n) is 5.47. The molecule has 96 valence electrons. The summed E-state index contributed by atoms with van der Waals surface area (Å²) in [7, 11) is 1.17. The molecule has 0 aliphatic carbocycles. The number of hydrogen-bond acceptors (Lipinski definition) is 4. The number of anilines is 1. The molecule has 1 fully saturated rings. The number of nitrogens with two attached hydrogens (primary N) is 1. The van der Waals surface area contributed by atoms with Gasteiger partial charge in [0.05, 0.1) is 18.4 Å². The molecule has 1 aromatic rings. The Morgan fingerprint density at radius 1 is 1.56 bits per heavy atom. The van der Waals surface area contributed by atoms with Crippen molar-refractivity contribution in [3.8, 4) is 0 Å². The number of methoxy groups -OCH3 is 1. The molecule has 1 heterocycles. The zero-order chi connectivity index (χ0) is 13.3. The van der Waals surface area contributed by atoms with Gasteiger partial charge in [-0.2, -0.15) is 0 Å². The van der Waals surface area contributed by atoms with Gasteiger partial charge < -0.3 is 15.4 Å². The maximum atomic E-state index is 14.1. The molecule has 0 aromatic heterocycles. The van der Waals surface area contributed by atoms with E-state index in [9.17, 15) is 14.0 Å². The zero-order valence-corrected chi connectivity index (χ0v) is 9.85. The Bertz CT molecular complexity index is 504. The van der Waals surface area contributed by atoms with E-state index in [2.05, 4.69) is 4.74 Å². The number of carbonyl (C=O) groups is 2. The molecule has 0 saturated carbocycles. The minimum absolute atomic E-state index is 0.0656. The monoisotopic (exact) mass is 252 g/mol. The Morgan fingerprint density at radius 2 is 2.28 bits per heavy atom. The van der Waals surface area contributed by atoms with E-state index < -0.39 is 11.8 Å². The van der Waals surface area contributed by atoms with Crippen LogP contribution >= 0.6 is 0 Å². The van der Waals surface area contributed by atoms with Gasteiger partial charge in [0.1, 0.15) is 0 Å². The lowest BCUT2D eigenvalue weighted by Crippen LogP contribution is -2.29.